The maximum absolute atomic E-state index is 13.0. The third-order valence-electron chi connectivity index (χ3n) is 4.65. The average Bonchev–Trinajstić information content (AvgIpc) is 3.27. The standard InChI is InChI=1S/C24H19BrN2O5/c1-30-19-9-7-18(8-10-19)26-24(29)20(27-23(28)16-3-5-17(25)6-4-16)12-15-2-11-21-22(13-15)32-14-31-21/h2-13H,14H2,1H3,(H,26,29)(H,27,28)/b20-12-. The number of carbonyl (C=O) groups is 2. The summed E-state index contributed by atoms with van der Waals surface area (Å²) in [7, 11) is 1.57. The molecule has 32 heavy (non-hydrogen) atoms. The molecule has 0 fully saturated rings. The van der Waals surface area contributed by atoms with Gasteiger partial charge in [0.15, 0.2) is 11.5 Å². The highest BCUT2D eigenvalue weighted by atomic mass is 79.9. The van der Waals surface area contributed by atoms with E-state index in [1.807, 2.05) is 0 Å². The summed E-state index contributed by atoms with van der Waals surface area (Å²) in [6.45, 7) is 0.146. The van der Waals surface area contributed by atoms with Crippen molar-refractivity contribution in [3.63, 3.8) is 0 Å². The predicted octanol–water partition coefficient (Wildman–Crippen LogP) is 4.60. The summed E-state index contributed by atoms with van der Waals surface area (Å²) in [4.78, 5) is 25.8. The van der Waals surface area contributed by atoms with Crippen LogP contribution < -0.4 is 24.8 Å². The van der Waals surface area contributed by atoms with Crippen molar-refractivity contribution in [2.24, 2.45) is 0 Å². The van der Waals surface area contributed by atoms with Crippen LogP contribution in [-0.2, 0) is 4.79 Å². The Morgan fingerprint density at radius 1 is 0.969 bits per heavy atom. The van der Waals surface area contributed by atoms with Gasteiger partial charge < -0.3 is 24.8 Å². The zero-order chi connectivity index (χ0) is 22.5. The molecule has 0 atom stereocenters. The Morgan fingerprint density at radius 3 is 2.41 bits per heavy atom. The number of nitrogens with one attached hydrogen (secondary N) is 2. The summed E-state index contributed by atoms with van der Waals surface area (Å²) in [6, 6.07) is 19.0. The molecule has 1 aliphatic heterocycles. The molecule has 0 aliphatic carbocycles. The van der Waals surface area contributed by atoms with E-state index >= 15 is 0 Å². The first-order valence-electron chi connectivity index (χ1n) is 9.65. The Hall–Kier alpha value is -3.78. The van der Waals surface area contributed by atoms with Gasteiger partial charge >= 0.3 is 0 Å². The van der Waals surface area contributed by atoms with Gasteiger partial charge in [-0.05, 0) is 72.3 Å². The smallest absolute Gasteiger partial charge is 0.272 e. The molecule has 0 spiro atoms. The SMILES string of the molecule is COc1ccc(NC(=O)/C(=C/c2ccc3c(c2)OCO3)NC(=O)c2ccc(Br)cc2)cc1. The Labute approximate surface area is 193 Å². The third-order valence-corrected chi connectivity index (χ3v) is 5.18. The molecule has 1 heterocycles. The number of ether oxygens (including phenoxy) is 3. The first-order valence-corrected chi connectivity index (χ1v) is 10.4. The van der Waals surface area contributed by atoms with Crippen LogP contribution >= 0.6 is 15.9 Å². The van der Waals surface area contributed by atoms with Crippen LogP contribution in [0.25, 0.3) is 6.08 Å². The number of hydrogen-bond acceptors (Lipinski definition) is 5. The van der Waals surface area contributed by atoms with Crippen LogP contribution in [0.2, 0.25) is 0 Å². The summed E-state index contributed by atoms with van der Waals surface area (Å²) in [5.41, 5.74) is 1.73. The summed E-state index contributed by atoms with van der Waals surface area (Å²) in [5, 5.41) is 5.50. The van der Waals surface area contributed by atoms with Gasteiger partial charge in [0.25, 0.3) is 11.8 Å². The number of hydrogen-bond donors (Lipinski definition) is 2. The van der Waals surface area contributed by atoms with E-state index in [-0.39, 0.29) is 12.5 Å². The van der Waals surface area contributed by atoms with E-state index in [4.69, 9.17) is 14.2 Å². The fraction of sp³-hybridized carbons (Fsp3) is 0.0833. The number of methoxy groups -OCH3 is 1. The fourth-order valence-electron chi connectivity index (χ4n) is 3.00. The van der Waals surface area contributed by atoms with E-state index in [0.29, 0.717) is 34.1 Å². The first-order chi connectivity index (χ1) is 15.5. The second-order valence-corrected chi connectivity index (χ2v) is 7.73. The molecule has 0 unspecified atom stereocenters. The van der Waals surface area contributed by atoms with Crippen molar-refractivity contribution in [3.05, 3.63) is 88.0 Å². The van der Waals surface area contributed by atoms with Crippen LogP contribution in [0.4, 0.5) is 5.69 Å². The molecule has 1 aliphatic rings. The van der Waals surface area contributed by atoms with Crippen molar-refractivity contribution in [1.82, 2.24) is 5.32 Å². The Morgan fingerprint density at radius 2 is 1.69 bits per heavy atom. The molecule has 4 rings (SSSR count). The molecule has 0 saturated heterocycles. The normalized spacial score (nSPS) is 12.2. The quantitative estimate of drug-likeness (QED) is 0.489. The highest BCUT2D eigenvalue weighted by Crippen LogP contribution is 2.33. The lowest BCUT2D eigenvalue weighted by Crippen LogP contribution is -2.30. The lowest BCUT2D eigenvalue weighted by Gasteiger charge is -2.12. The van der Waals surface area contributed by atoms with Gasteiger partial charge in [-0.3, -0.25) is 9.59 Å². The molecule has 8 heteroatoms. The lowest BCUT2D eigenvalue weighted by atomic mass is 10.1. The highest BCUT2D eigenvalue weighted by molar-refractivity contribution is 9.10. The minimum Gasteiger partial charge on any atom is -0.497 e. The van der Waals surface area contributed by atoms with Gasteiger partial charge in [0.1, 0.15) is 11.4 Å². The number of carbonyl (C=O) groups excluding carboxylic acids is 2. The number of anilines is 1. The Balaban J connectivity index is 1.61. The number of rotatable bonds is 6. The fourth-order valence-corrected chi connectivity index (χ4v) is 3.26. The van der Waals surface area contributed by atoms with E-state index in [0.717, 1.165) is 4.47 Å². The second kappa shape index (κ2) is 9.57. The molecule has 0 saturated carbocycles. The molecule has 2 amide bonds. The van der Waals surface area contributed by atoms with E-state index in [1.165, 1.54) is 0 Å². The average molecular weight is 495 g/mol. The minimum absolute atomic E-state index is 0.0765. The highest BCUT2D eigenvalue weighted by Gasteiger charge is 2.17. The maximum atomic E-state index is 13.0. The maximum Gasteiger partial charge on any atom is 0.272 e. The van der Waals surface area contributed by atoms with Gasteiger partial charge in [0, 0.05) is 15.7 Å². The van der Waals surface area contributed by atoms with Gasteiger partial charge in [-0.15, -0.1) is 0 Å². The van der Waals surface area contributed by atoms with Gasteiger partial charge in [-0.1, -0.05) is 22.0 Å². The van der Waals surface area contributed by atoms with Crippen molar-refractivity contribution in [1.29, 1.82) is 0 Å². The van der Waals surface area contributed by atoms with Gasteiger partial charge in [0.05, 0.1) is 7.11 Å². The predicted molar refractivity (Wildman–Crippen MR) is 124 cm³/mol. The monoisotopic (exact) mass is 494 g/mol. The van der Waals surface area contributed by atoms with Crippen molar-refractivity contribution in [2.75, 3.05) is 19.2 Å². The van der Waals surface area contributed by atoms with Gasteiger partial charge in [0.2, 0.25) is 6.79 Å². The summed E-state index contributed by atoms with van der Waals surface area (Å²) < 4.78 is 16.7. The second-order valence-electron chi connectivity index (χ2n) is 6.81. The number of benzene rings is 3. The number of amides is 2. The van der Waals surface area contributed by atoms with Crippen LogP contribution in [0.5, 0.6) is 17.2 Å². The Kier molecular flexibility index (Phi) is 6.42. The molecule has 0 radical (unpaired) electrons. The largest absolute Gasteiger partial charge is 0.497 e. The summed E-state index contributed by atoms with van der Waals surface area (Å²) in [5.74, 6) is 0.994. The molecule has 0 aromatic heterocycles. The summed E-state index contributed by atoms with van der Waals surface area (Å²) >= 11 is 3.35. The topological polar surface area (TPSA) is 85.9 Å². The van der Waals surface area contributed by atoms with Crippen LogP contribution in [0.15, 0.2) is 76.9 Å². The molecular formula is C24H19BrN2O5. The van der Waals surface area contributed by atoms with E-state index in [9.17, 15) is 9.59 Å². The van der Waals surface area contributed by atoms with Crippen molar-refractivity contribution in [3.8, 4) is 17.2 Å². The molecule has 7 nitrogen and oxygen atoms in total. The van der Waals surface area contributed by atoms with E-state index < -0.39 is 11.8 Å². The molecule has 0 bridgehead atoms. The zero-order valence-corrected chi connectivity index (χ0v) is 18.6. The lowest BCUT2D eigenvalue weighted by molar-refractivity contribution is -0.113. The number of halogens is 1. The van der Waals surface area contributed by atoms with Crippen LogP contribution in [0, 0.1) is 0 Å². The number of fused-ring (bicyclic) bond motifs is 1. The van der Waals surface area contributed by atoms with Crippen LogP contribution in [-0.4, -0.2) is 25.7 Å². The molecule has 2 N–H and O–H groups in total. The molecule has 3 aromatic carbocycles. The minimum atomic E-state index is -0.474. The Bertz CT molecular complexity index is 1170. The van der Waals surface area contributed by atoms with Crippen molar-refractivity contribution >= 4 is 39.5 Å². The molecule has 3 aromatic rings. The first kappa shape index (κ1) is 21.5. The van der Waals surface area contributed by atoms with Gasteiger partial charge in [-0.2, -0.15) is 0 Å². The third kappa shape index (κ3) is 5.09. The summed E-state index contributed by atoms with van der Waals surface area (Å²) in [6.07, 6.45) is 1.58. The zero-order valence-electron chi connectivity index (χ0n) is 17.1. The van der Waals surface area contributed by atoms with Crippen LogP contribution in [0.1, 0.15) is 15.9 Å². The van der Waals surface area contributed by atoms with Gasteiger partial charge in [-0.25, -0.2) is 0 Å². The van der Waals surface area contributed by atoms with Crippen molar-refractivity contribution in [2.45, 2.75) is 0 Å². The van der Waals surface area contributed by atoms with E-state index in [2.05, 4.69) is 26.6 Å². The van der Waals surface area contributed by atoms with Crippen molar-refractivity contribution < 1.29 is 23.8 Å². The molecule has 162 valence electrons. The van der Waals surface area contributed by atoms with E-state index in [1.54, 1.807) is 79.9 Å². The van der Waals surface area contributed by atoms with Crippen LogP contribution in [0.3, 0.4) is 0 Å². The molecular weight excluding hydrogens is 476 g/mol.